The van der Waals surface area contributed by atoms with Gasteiger partial charge in [-0.2, -0.15) is 5.12 Å². The van der Waals surface area contributed by atoms with Gasteiger partial charge in [-0.05, 0) is 122 Å². The van der Waals surface area contributed by atoms with Gasteiger partial charge in [0.05, 0.1) is 22.8 Å². The van der Waals surface area contributed by atoms with Crippen molar-refractivity contribution < 1.29 is 0 Å². The van der Waals surface area contributed by atoms with Crippen LogP contribution in [0, 0.1) is 0 Å². The lowest BCUT2D eigenvalue weighted by molar-refractivity contribution is 0.660. The number of benzene rings is 16. The fraction of sp³-hybridized carbons (Fsp3) is 0.0115. The van der Waals surface area contributed by atoms with Crippen LogP contribution in [0.3, 0.4) is 0 Å². The highest BCUT2D eigenvalue weighted by molar-refractivity contribution is 6.30. The summed E-state index contributed by atoms with van der Waals surface area (Å²) in [5.74, 6) is 0. The SMILES string of the molecule is c1ccc(C2=C(c3ccccc3)N(c3cccc4c5ccccc5c5ccccc5c34)N(c3ccccc3-c3ccccc3)N(c3ccccc3-c3ccccc3)C2c2c(-c3ccccc3)cccc2-c2cccc3c4ccccc4c4ccccc4c23)cc1. The molecule has 1 unspecified atom stereocenters. The Labute approximate surface area is 524 Å². The molecule has 17 rings (SSSR count). The smallest absolute Gasteiger partial charge is 0.106 e. The maximum absolute atomic E-state index is 2.69. The predicted octanol–water partition coefficient (Wildman–Crippen LogP) is 23.2. The van der Waals surface area contributed by atoms with Gasteiger partial charge in [-0.15, -0.1) is 0 Å². The molecule has 16 aromatic carbocycles. The van der Waals surface area contributed by atoms with Crippen molar-refractivity contribution in [3.05, 3.63) is 369 Å². The zero-order valence-electron chi connectivity index (χ0n) is 49.4. The number of anilines is 3. The molecule has 1 heterocycles. The molecule has 0 aliphatic carbocycles. The molecule has 0 aromatic heterocycles. The molecule has 16 aromatic rings. The van der Waals surface area contributed by atoms with Gasteiger partial charge >= 0.3 is 0 Å². The molecule has 0 saturated carbocycles. The van der Waals surface area contributed by atoms with Crippen LogP contribution in [0.1, 0.15) is 22.7 Å². The average molecular weight is 1150 g/mol. The molecule has 0 bridgehead atoms. The van der Waals surface area contributed by atoms with E-state index in [9.17, 15) is 0 Å². The molecule has 0 amide bonds. The number of rotatable bonds is 10. The normalized spacial score (nSPS) is 13.6. The standard InChI is InChI=1S/C87H59N3/c1-6-31-59(32-7-1)64-41-24-26-56-79(64)88-87(85-66(61-35-10-3-11-36-61)51-28-54-78(85)77-53-29-52-74-70-45-18-16-43-67(70)69-46-20-22-49-73(69)83(74)77)82(62-37-12-4-13-38-62)86(63-39-14-5-15-40-63)89(90(88)80-57-27-25-42-65(80)60-33-8-2-9-34-60)81-58-30-55-76-72-47-19-17-44-68(72)71-48-21-23-50-75(71)84(76)81/h1-58,87H. The van der Waals surface area contributed by atoms with Crippen LogP contribution in [0.2, 0.25) is 0 Å². The zero-order chi connectivity index (χ0) is 59.5. The largest absolute Gasteiger partial charge is 0.253 e. The molecule has 0 saturated heterocycles. The third kappa shape index (κ3) is 8.58. The summed E-state index contributed by atoms with van der Waals surface area (Å²) in [7, 11) is 0. The monoisotopic (exact) mass is 1150 g/mol. The third-order valence-electron chi connectivity index (χ3n) is 18.4. The molecule has 90 heavy (non-hydrogen) atoms. The van der Waals surface area contributed by atoms with E-state index < -0.39 is 6.04 Å². The third-order valence-corrected chi connectivity index (χ3v) is 18.4. The maximum atomic E-state index is 2.69. The summed E-state index contributed by atoms with van der Waals surface area (Å²) in [6.45, 7) is 0. The van der Waals surface area contributed by atoms with Crippen molar-refractivity contribution in [2.24, 2.45) is 0 Å². The molecule has 0 radical (unpaired) electrons. The summed E-state index contributed by atoms with van der Waals surface area (Å²) in [5, 5.41) is 22.4. The second-order valence-electron chi connectivity index (χ2n) is 23.4. The van der Waals surface area contributed by atoms with Gasteiger partial charge in [0.25, 0.3) is 0 Å². The molecule has 1 aliphatic heterocycles. The second kappa shape index (κ2) is 22.2. The number of nitrogens with zero attached hydrogens (tertiary/aromatic N) is 3. The van der Waals surface area contributed by atoms with Crippen molar-refractivity contribution in [1.82, 2.24) is 0 Å². The van der Waals surface area contributed by atoms with Crippen LogP contribution < -0.4 is 15.1 Å². The topological polar surface area (TPSA) is 9.72 Å². The second-order valence-corrected chi connectivity index (χ2v) is 23.4. The van der Waals surface area contributed by atoms with E-state index in [-0.39, 0.29) is 0 Å². The minimum absolute atomic E-state index is 0.575. The van der Waals surface area contributed by atoms with E-state index in [0.717, 1.165) is 83.8 Å². The zero-order valence-corrected chi connectivity index (χ0v) is 49.4. The minimum Gasteiger partial charge on any atom is -0.253 e. The average Bonchev–Trinajstić information content (AvgIpc) is 0.723. The molecule has 1 atom stereocenters. The molecule has 3 nitrogen and oxygen atoms in total. The summed E-state index contributed by atoms with van der Waals surface area (Å²) in [4.78, 5) is 0. The van der Waals surface area contributed by atoms with E-state index in [1.807, 2.05) is 0 Å². The van der Waals surface area contributed by atoms with E-state index in [1.165, 1.54) is 70.4 Å². The maximum Gasteiger partial charge on any atom is 0.106 e. The van der Waals surface area contributed by atoms with Gasteiger partial charge in [0.2, 0.25) is 0 Å². The Hall–Kier alpha value is -11.8. The lowest BCUT2D eigenvalue weighted by atomic mass is 9.79. The molecule has 422 valence electrons. The molecule has 0 fully saturated rings. The van der Waals surface area contributed by atoms with Crippen LogP contribution in [-0.2, 0) is 0 Å². The quantitative estimate of drug-likeness (QED) is 0.126. The highest BCUT2D eigenvalue weighted by Crippen LogP contribution is 2.58. The summed E-state index contributed by atoms with van der Waals surface area (Å²) in [6.07, 6.45) is 0. The number of fused-ring (bicyclic) bond motifs is 12. The number of para-hydroxylation sites is 2. The van der Waals surface area contributed by atoms with Crippen LogP contribution in [-0.4, -0.2) is 0 Å². The number of hydrogen-bond donors (Lipinski definition) is 0. The van der Waals surface area contributed by atoms with Crippen LogP contribution in [0.5, 0.6) is 0 Å². The van der Waals surface area contributed by atoms with Gasteiger partial charge in [-0.3, -0.25) is 5.01 Å². The predicted molar refractivity (Wildman–Crippen MR) is 382 cm³/mol. The first kappa shape index (κ1) is 52.5. The lowest BCUT2D eigenvalue weighted by Gasteiger charge is -2.56. The Morgan fingerprint density at radius 2 is 0.511 bits per heavy atom. The van der Waals surface area contributed by atoms with Crippen molar-refractivity contribution >= 4 is 93.0 Å². The van der Waals surface area contributed by atoms with Crippen molar-refractivity contribution in [2.75, 3.05) is 15.1 Å². The fourth-order valence-corrected chi connectivity index (χ4v) is 14.7. The van der Waals surface area contributed by atoms with Gasteiger partial charge < -0.3 is 0 Å². The van der Waals surface area contributed by atoms with Crippen LogP contribution in [0.25, 0.3) is 120 Å². The summed E-state index contributed by atoms with van der Waals surface area (Å²) < 4.78 is 0. The van der Waals surface area contributed by atoms with Crippen LogP contribution in [0.15, 0.2) is 352 Å². The van der Waals surface area contributed by atoms with Gasteiger partial charge in [0.15, 0.2) is 0 Å². The van der Waals surface area contributed by atoms with Gasteiger partial charge in [-0.25, -0.2) is 5.01 Å². The van der Waals surface area contributed by atoms with E-state index >= 15 is 0 Å². The van der Waals surface area contributed by atoms with Gasteiger partial charge in [0, 0.05) is 27.6 Å². The fourth-order valence-electron chi connectivity index (χ4n) is 14.7. The van der Waals surface area contributed by atoms with E-state index in [1.54, 1.807) is 0 Å². The lowest BCUT2D eigenvalue weighted by Crippen LogP contribution is -2.59. The Morgan fingerprint density at radius 1 is 0.200 bits per heavy atom. The van der Waals surface area contributed by atoms with Crippen molar-refractivity contribution in [1.29, 1.82) is 0 Å². The molecular formula is C87H59N3. The Kier molecular flexibility index (Phi) is 12.9. The number of hydrazine groups is 2. The molecule has 3 heteroatoms. The van der Waals surface area contributed by atoms with Gasteiger partial charge in [0.1, 0.15) is 6.04 Å². The first-order valence-corrected chi connectivity index (χ1v) is 31.1. The summed E-state index contributed by atoms with van der Waals surface area (Å²) >= 11 is 0. The molecular weight excluding hydrogens is 1090 g/mol. The minimum atomic E-state index is -0.575. The highest BCUT2D eigenvalue weighted by Gasteiger charge is 2.47. The first-order chi connectivity index (χ1) is 44.8. The summed E-state index contributed by atoms with van der Waals surface area (Å²) in [6, 6.07) is 130. The number of hydrogen-bond acceptors (Lipinski definition) is 3. The van der Waals surface area contributed by atoms with E-state index in [0.29, 0.717) is 0 Å². The van der Waals surface area contributed by atoms with Crippen molar-refractivity contribution in [2.45, 2.75) is 6.04 Å². The highest BCUT2D eigenvalue weighted by atomic mass is 15.9. The molecule has 0 spiro atoms. The van der Waals surface area contributed by atoms with E-state index in [2.05, 4.69) is 367 Å². The van der Waals surface area contributed by atoms with Crippen molar-refractivity contribution in [3.8, 4) is 44.5 Å². The molecule has 0 N–H and O–H groups in total. The Bertz CT molecular complexity index is 5340. The van der Waals surface area contributed by atoms with Crippen molar-refractivity contribution in [3.63, 3.8) is 0 Å². The summed E-state index contributed by atoms with van der Waals surface area (Å²) in [5.41, 5.74) is 17.6. The Morgan fingerprint density at radius 3 is 1.02 bits per heavy atom. The Balaban J connectivity index is 1.13. The molecule has 1 aliphatic rings. The van der Waals surface area contributed by atoms with Crippen LogP contribution in [0.4, 0.5) is 17.1 Å². The van der Waals surface area contributed by atoms with E-state index in [4.69, 9.17) is 0 Å². The first-order valence-electron chi connectivity index (χ1n) is 31.1. The van der Waals surface area contributed by atoms with Gasteiger partial charge in [-0.1, -0.05) is 334 Å². The van der Waals surface area contributed by atoms with Crippen LogP contribution >= 0.6 is 0 Å².